The Morgan fingerprint density at radius 3 is 2.60 bits per heavy atom. The molecule has 2 nitrogen and oxygen atoms in total. The largest absolute Gasteiger partial charge is 0.308 e. The van der Waals surface area contributed by atoms with E-state index in [1.54, 1.807) is 0 Å². The van der Waals surface area contributed by atoms with Gasteiger partial charge in [-0.1, -0.05) is 30.3 Å². The number of nitrogens with one attached hydrogen (secondary N) is 1. The molecule has 0 aromatic heterocycles. The van der Waals surface area contributed by atoms with Crippen LogP contribution in [0.25, 0.3) is 0 Å². The van der Waals surface area contributed by atoms with E-state index in [1.165, 1.54) is 11.1 Å². The number of likely N-dealkylation sites (N-methyl/N-ethyl adjacent to an activating group) is 1. The third-order valence-electron chi connectivity index (χ3n) is 3.33. The lowest BCUT2D eigenvalue weighted by Gasteiger charge is -2.28. The van der Waals surface area contributed by atoms with Crippen LogP contribution in [-0.2, 0) is 0 Å². The maximum atomic E-state index is 6.05. The van der Waals surface area contributed by atoms with Gasteiger partial charge in [0.25, 0.3) is 0 Å². The fourth-order valence-electron chi connectivity index (χ4n) is 1.96. The van der Waals surface area contributed by atoms with Gasteiger partial charge in [-0.25, -0.2) is 0 Å². The first-order valence-electron chi connectivity index (χ1n) is 7.06. The van der Waals surface area contributed by atoms with Gasteiger partial charge < -0.3 is 5.32 Å². The first-order valence-corrected chi connectivity index (χ1v) is 7.44. The van der Waals surface area contributed by atoms with E-state index in [-0.39, 0.29) is 5.54 Å². The number of hydrogen-bond donors (Lipinski definition) is 1. The van der Waals surface area contributed by atoms with Crippen molar-refractivity contribution in [2.45, 2.75) is 39.3 Å². The normalized spacial score (nSPS) is 13.6. The Morgan fingerprint density at radius 2 is 2.05 bits per heavy atom. The molecule has 1 unspecified atom stereocenters. The van der Waals surface area contributed by atoms with Crippen LogP contribution in [0.4, 0.5) is 0 Å². The van der Waals surface area contributed by atoms with Crippen LogP contribution in [0.2, 0.25) is 5.02 Å². The molecule has 3 heteroatoms. The molecule has 0 saturated heterocycles. The molecule has 0 aliphatic rings. The van der Waals surface area contributed by atoms with Crippen LogP contribution in [0, 0.1) is 0 Å². The summed E-state index contributed by atoms with van der Waals surface area (Å²) in [6.45, 7) is 14.6. The Kier molecular flexibility index (Phi) is 6.25. The van der Waals surface area contributed by atoms with Crippen LogP contribution in [0.5, 0.6) is 0 Å². The molecule has 1 atom stereocenters. The molecular formula is C17H27ClN2. The average molecular weight is 295 g/mol. The Hall–Kier alpha value is -0.830. The lowest BCUT2D eigenvalue weighted by molar-refractivity contribution is 0.279. The number of benzene rings is 1. The summed E-state index contributed by atoms with van der Waals surface area (Å²) in [5.74, 6) is 0. The van der Waals surface area contributed by atoms with E-state index in [2.05, 4.69) is 57.6 Å². The molecule has 1 rings (SSSR count). The van der Waals surface area contributed by atoms with Gasteiger partial charge in [-0.2, -0.15) is 0 Å². The average Bonchev–Trinajstić information content (AvgIpc) is 2.34. The maximum Gasteiger partial charge on any atom is 0.0409 e. The third-order valence-corrected chi connectivity index (χ3v) is 3.57. The predicted octanol–water partition coefficient (Wildman–Crippen LogP) is 4.28. The van der Waals surface area contributed by atoms with Gasteiger partial charge in [0.1, 0.15) is 0 Å². The van der Waals surface area contributed by atoms with Crippen molar-refractivity contribution in [1.82, 2.24) is 10.2 Å². The standard InChI is InChI=1S/C17H27ClN2/c1-13(11-19-17(3,4)5)12-20(6)14(2)15-8-7-9-16(18)10-15/h7-10,14,19H,1,11-12H2,2-6H3. The van der Waals surface area contributed by atoms with Crippen molar-refractivity contribution in [3.63, 3.8) is 0 Å². The Morgan fingerprint density at radius 1 is 1.40 bits per heavy atom. The van der Waals surface area contributed by atoms with Gasteiger partial charge in [-0.3, -0.25) is 4.90 Å². The lowest BCUT2D eigenvalue weighted by atomic mass is 10.1. The second-order valence-corrected chi connectivity index (χ2v) is 6.94. The molecule has 0 spiro atoms. The third kappa shape index (κ3) is 6.08. The number of hydrogen-bond acceptors (Lipinski definition) is 2. The zero-order valence-electron chi connectivity index (χ0n) is 13.3. The summed E-state index contributed by atoms with van der Waals surface area (Å²) < 4.78 is 0. The monoisotopic (exact) mass is 294 g/mol. The first kappa shape index (κ1) is 17.2. The minimum atomic E-state index is 0.125. The SMILES string of the molecule is C=C(CNC(C)(C)C)CN(C)C(C)c1cccc(Cl)c1. The topological polar surface area (TPSA) is 15.3 Å². The second kappa shape index (κ2) is 7.26. The fourth-order valence-corrected chi connectivity index (χ4v) is 2.16. The maximum absolute atomic E-state index is 6.05. The van der Waals surface area contributed by atoms with Crippen LogP contribution in [0.15, 0.2) is 36.4 Å². The van der Waals surface area contributed by atoms with Crippen molar-refractivity contribution in [1.29, 1.82) is 0 Å². The zero-order valence-corrected chi connectivity index (χ0v) is 14.1. The van der Waals surface area contributed by atoms with Crippen LogP contribution >= 0.6 is 11.6 Å². The molecule has 0 amide bonds. The molecule has 1 aromatic rings. The number of rotatable bonds is 6. The van der Waals surface area contributed by atoms with Crippen molar-refractivity contribution in [3.05, 3.63) is 47.0 Å². The van der Waals surface area contributed by atoms with E-state index in [0.717, 1.165) is 18.1 Å². The van der Waals surface area contributed by atoms with Gasteiger partial charge in [0.05, 0.1) is 0 Å². The van der Waals surface area contributed by atoms with Gasteiger partial charge in [-0.05, 0) is 58.0 Å². The zero-order chi connectivity index (χ0) is 15.3. The summed E-state index contributed by atoms with van der Waals surface area (Å²) in [4.78, 5) is 2.29. The van der Waals surface area contributed by atoms with Crippen molar-refractivity contribution in [2.24, 2.45) is 0 Å². The van der Waals surface area contributed by atoms with E-state index >= 15 is 0 Å². The molecule has 1 N–H and O–H groups in total. The summed E-state index contributed by atoms with van der Waals surface area (Å²) in [6, 6.07) is 8.37. The highest BCUT2D eigenvalue weighted by atomic mass is 35.5. The van der Waals surface area contributed by atoms with E-state index in [9.17, 15) is 0 Å². The highest BCUT2D eigenvalue weighted by Gasteiger charge is 2.14. The van der Waals surface area contributed by atoms with Crippen molar-refractivity contribution in [2.75, 3.05) is 20.1 Å². The van der Waals surface area contributed by atoms with Crippen molar-refractivity contribution < 1.29 is 0 Å². The lowest BCUT2D eigenvalue weighted by Crippen LogP contribution is -2.38. The summed E-state index contributed by atoms with van der Waals surface area (Å²) in [5, 5.41) is 4.26. The summed E-state index contributed by atoms with van der Waals surface area (Å²) >= 11 is 6.05. The van der Waals surface area contributed by atoms with Crippen LogP contribution < -0.4 is 5.32 Å². The molecule has 0 radical (unpaired) electrons. The minimum Gasteiger partial charge on any atom is -0.308 e. The second-order valence-electron chi connectivity index (χ2n) is 6.50. The molecule has 0 bridgehead atoms. The van der Waals surface area contributed by atoms with E-state index < -0.39 is 0 Å². The van der Waals surface area contributed by atoms with Crippen LogP contribution in [0.3, 0.4) is 0 Å². The minimum absolute atomic E-state index is 0.125. The smallest absolute Gasteiger partial charge is 0.0409 e. The molecule has 1 aromatic carbocycles. The molecular weight excluding hydrogens is 268 g/mol. The Balaban J connectivity index is 2.53. The van der Waals surface area contributed by atoms with Gasteiger partial charge in [-0.15, -0.1) is 0 Å². The molecule has 0 fully saturated rings. The molecule has 0 saturated carbocycles. The molecule has 0 heterocycles. The van der Waals surface area contributed by atoms with Gasteiger partial charge in [0, 0.05) is 29.7 Å². The Bertz CT molecular complexity index is 449. The quantitative estimate of drug-likeness (QED) is 0.788. The van der Waals surface area contributed by atoms with Gasteiger partial charge >= 0.3 is 0 Å². The predicted molar refractivity (Wildman–Crippen MR) is 89.4 cm³/mol. The molecule has 0 aliphatic carbocycles. The van der Waals surface area contributed by atoms with Crippen molar-refractivity contribution in [3.8, 4) is 0 Å². The Labute approximate surface area is 128 Å². The van der Waals surface area contributed by atoms with Gasteiger partial charge in [0.15, 0.2) is 0 Å². The highest BCUT2D eigenvalue weighted by molar-refractivity contribution is 6.30. The van der Waals surface area contributed by atoms with Crippen LogP contribution in [-0.4, -0.2) is 30.6 Å². The highest BCUT2D eigenvalue weighted by Crippen LogP contribution is 2.22. The van der Waals surface area contributed by atoms with Crippen molar-refractivity contribution >= 4 is 11.6 Å². The molecule has 20 heavy (non-hydrogen) atoms. The first-order chi connectivity index (χ1) is 9.19. The summed E-state index contributed by atoms with van der Waals surface area (Å²) in [5.41, 5.74) is 2.55. The fraction of sp³-hybridized carbons (Fsp3) is 0.529. The number of nitrogens with zero attached hydrogens (tertiary/aromatic N) is 1. The molecule has 112 valence electrons. The van der Waals surface area contributed by atoms with Crippen LogP contribution in [0.1, 0.15) is 39.3 Å². The number of halogens is 1. The van der Waals surface area contributed by atoms with Gasteiger partial charge in [0.2, 0.25) is 0 Å². The molecule has 0 aliphatic heterocycles. The van der Waals surface area contributed by atoms with E-state index in [0.29, 0.717) is 6.04 Å². The van der Waals surface area contributed by atoms with E-state index in [1.807, 2.05) is 18.2 Å². The van der Waals surface area contributed by atoms with E-state index in [4.69, 9.17) is 11.6 Å². The summed E-state index contributed by atoms with van der Waals surface area (Å²) in [7, 11) is 2.12. The summed E-state index contributed by atoms with van der Waals surface area (Å²) in [6.07, 6.45) is 0.